The second kappa shape index (κ2) is 4.96. The van der Waals surface area contributed by atoms with Crippen LogP contribution in [0, 0.1) is 12.7 Å². The maximum atomic E-state index is 13.1. The van der Waals surface area contributed by atoms with Gasteiger partial charge >= 0.3 is 0 Å². The molecular formula is C12H13ClFN3O. The molecule has 96 valence electrons. The zero-order valence-electron chi connectivity index (χ0n) is 10.1. The largest absolute Gasteiger partial charge is 0.315 e. The highest BCUT2D eigenvalue weighted by molar-refractivity contribution is 6.30. The van der Waals surface area contributed by atoms with Gasteiger partial charge in [-0.15, -0.1) is 0 Å². The van der Waals surface area contributed by atoms with E-state index in [1.54, 1.807) is 7.05 Å². The smallest absolute Gasteiger partial charge is 0.275 e. The number of hydrogen-bond donors (Lipinski definition) is 2. The minimum atomic E-state index is -0.507. The molecule has 2 N–H and O–H groups in total. The molecule has 0 amide bonds. The van der Waals surface area contributed by atoms with Gasteiger partial charge in [0.25, 0.3) is 5.56 Å². The van der Waals surface area contributed by atoms with Crippen molar-refractivity contribution in [1.29, 1.82) is 0 Å². The Labute approximate surface area is 108 Å². The number of H-pyrrole nitrogens is 1. The van der Waals surface area contributed by atoms with E-state index in [9.17, 15) is 9.18 Å². The summed E-state index contributed by atoms with van der Waals surface area (Å²) in [4.78, 5) is 12.1. The van der Waals surface area contributed by atoms with E-state index >= 15 is 0 Å². The van der Waals surface area contributed by atoms with Gasteiger partial charge < -0.3 is 5.32 Å². The molecule has 18 heavy (non-hydrogen) atoms. The summed E-state index contributed by atoms with van der Waals surface area (Å²) in [6.45, 7) is 2.29. The monoisotopic (exact) mass is 269 g/mol. The summed E-state index contributed by atoms with van der Waals surface area (Å²) < 4.78 is 14.4. The van der Waals surface area contributed by atoms with Crippen LogP contribution in [-0.4, -0.2) is 16.8 Å². The average Bonchev–Trinajstić information content (AvgIpc) is 2.61. The van der Waals surface area contributed by atoms with Crippen molar-refractivity contribution in [3.8, 4) is 5.69 Å². The van der Waals surface area contributed by atoms with Crippen LogP contribution in [0.1, 0.15) is 11.3 Å². The van der Waals surface area contributed by atoms with Crippen LogP contribution in [0.2, 0.25) is 5.02 Å². The summed E-state index contributed by atoms with van der Waals surface area (Å²) in [6.07, 6.45) is 0. The molecule has 0 unspecified atom stereocenters. The zero-order valence-corrected chi connectivity index (χ0v) is 10.8. The lowest BCUT2D eigenvalue weighted by molar-refractivity contribution is 0.627. The van der Waals surface area contributed by atoms with Gasteiger partial charge in [-0.05, 0) is 32.2 Å². The quantitative estimate of drug-likeness (QED) is 0.895. The normalized spacial score (nSPS) is 10.9. The van der Waals surface area contributed by atoms with E-state index in [2.05, 4.69) is 10.4 Å². The Balaban J connectivity index is 2.54. The van der Waals surface area contributed by atoms with Gasteiger partial charge in [-0.3, -0.25) is 9.89 Å². The van der Waals surface area contributed by atoms with Crippen molar-refractivity contribution in [1.82, 2.24) is 15.1 Å². The fourth-order valence-electron chi connectivity index (χ4n) is 1.77. The molecule has 0 spiro atoms. The summed E-state index contributed by atoms with van der Waals surface area (Å²) in [5, 5.41) is 5.86. The highest BCUT2D eigenvalue weighted by Crippen LogP contribution is 2.18. The van der Waals surface area contributed by atoms with Crippen molar-refractivity contribution in [2.75, 3.05) is 7.05 Å². The van der Waals surface area contributed by atoms with Crippen LogP contribution >= 0.6 is 11.6 Å². The molecule has 0 aliphatic heterocycles. The molecule has 2 rings (SSSR count). The number of halogens is 2. The fourth-order valence-corrected chi connectivity index (χ4v) is 1.95. The fraction of sp³-hybridized carbons (Fsp3) is 0.250. The summed E-state index contributed by atoms with van der Waals surface area (Å²) in [5.74, 6) is -0.507. The maximum absolute atomic E-state index is 13.1. The number of aryl methyl sites for hydroxylation is 1. The lowest BCUT2D eigenvalue weighted by atomic mass is 10.2. The van der Waals surface area contributed by atoms with Crippen LogP contribution in [0.3, 0.4) is 0 Å². The van der Waals surface area contributed by atoms with Crippen molar-refractivity contribution in [3.63, 3.8) is 0 Å². The third-order valence-corrected chi connectivity index (χ3v) is 3.00. The summed E-state index contributed by atoms with van der Waals surface area (Å²) in [6, 6.07) is 4.15. The second-order valence-electron chi connectivity index (χ2n) is 3.98. The third kappa shape index (κ3) is 2.19. The van der Waals surface area contributed by atoms with E-state index in [4.69, 9.17) is 11.6 Å². The van der Waals surface area contributed by atoms with E-state index in [0.29, 0.717) is 17.8 Å². The lowest BCUT2D eigenvalue weighted by Crippen LogP contribution is -2.20. The lowest BCUT2D eigenvalue weighted by Gasteiger charge is -2.02. The van der Waals surface area contributed by atoms with Gasteiger partial charge in [0.2, 0.25) is 0 Å². The van der Waals surface area contributed by atoms with Gasteiger partial charge in [-0.25, -0.2) is 9.07 Å². The van der Waals surface area contributed by atoms with Crippen LogP contribution in [0.5, 0.6) is 0 Å². The zero-order chi connectivity index (χ0) is 13.3. The molecule has 0 aliphatic rings. The number of nitrogens with one attached hydrogen (secondary N) is 2. The average molecular weight is 270 g/mol. The van der Waals surface area contributed by atoms with E-state index in [1.165, 1.54) is 22.9 Å². The highest BCUT2D eigenvalue weighted by Gasteiger charge is 2.12. The highest BCUT2D eigenvalue weighted by atomic mass is 35.5. The SMILES string of the molecule is CNCc1c(C)[nH]n(-c2ccc(F)c(Cl)c2)c1=O. The van der Waals surface area contributed by atoms with E-state index < -0.39 is 5.82 Å². The first-order valence-corrected chi connectivity index (χ1v) is 5.83. The third-order valence-electron chi connectivity index (χ3n) is 2.71. The van der Waals surface area contributed by atoms with Crippen LogP contribution < -0.4 is 10.9 Å². The van der Waals surface area contributed by atoms with Gasteiger partial charge in [-0.2, -0.15) is 0 Å². The Kier molecular flexibility index (Phi) is 3.54. The van der Waals surface area contributed by atoms with Gasteiger partial charge in [0.05, 0.1) is 16.3 Å². The Morgan fingerprint density at radius 2 is 2.22 bits per heavy atom. The number of rotatable bonds is 3. The van der Waals surface area contributed by atoms with Crippen molar-refractivity contribution in [2.24, 2.45) is 0 Å². The van der Waals surface area contributed by atoms with Crippen molar-refractivity contribution >= 4 is 11.6 Å². The number of benzene rings is 1. The number of nitrogens with zero attached hydrogens (tertiary/aromatic N) is 1. The molecule has 4 nitrogen and oxygen atoms in total. The molecule has 0 bridgehead atoms. The van der Waals surface area contributed by atoms with Crippen LogP contribution in [-0.2, 0) is 6.54 Å². The number of hydrogen-bond acceptors (Lipinski definition) is 2. The first-order chi connectivity index (χ1) is 8.54. The molecule has 6 heteroatoms. The van der Waals surface area contributed by atoms with Gasteiger partial charge in [0.15, 0.2) is 0 Å². The van der Waals surface area contributed by atoms with Crippen molar-refractivity contribution < 1.29 is 4.39 Å². The molecule has 1 heterocycles. The molecule has 0 saturated carbocycles. The molecule has 1 aromatic carbocycles. The summed E-state index contributed by atoms with van der Waals surface area (Å²) >= 11 is 5.71. The Hall–Kier alpha value is -1.59. The minimum absolute atomic E-state index is 0.0122. The van der Waals surface area contributed by atoms with E-state index in [-0.39, 0.29) is 10.6 Å². The topological polar surface area (TPSA) is 49.8 Å². The number of aromatic amines is 1. The summed E-state index contributed by atoms with van der Waals surface area (Å²) in [5.41, 5.74) is 1.77. The second-order valence-corrected chi connectivity index (χ2v) is 4.39. The first kappa shape index (κ1) is 12.9. The first-order valence-electron chi connectivity index (χ1n) is 5.45. The molecular weight excluding hydrogens is 257 g/mol. The van der Waals surface area contributed by atoms with Crippen LogP contribution in [0.4, 0.5) is 4.39 Å². The molecule has 0 aliphatic carbocycles. The van der Waals surface area contributed by atoms with E-state index in [1.807, 2.05) is 6.92 Å². The van der Waals surface area contributed by atoms with Crippen LogP contribution in [0.25, 0.3) is 5.69 Å². The summed E-state index contributed by atoms with van der Waals surface area (Å²) in [7, 11) is 1.77. The molecule has 1 aromatic heterocycles. The number of aromatic nitrogens is 2. The Morgan fingerprint density at radius 3 is 2.83 bits per heavy atom. The van der Waals surface area contributed by atoms with Gasteiger partial charge in [0, 0.05) is 12.2 Å². The van der Waals surface area contributed by atoms with Gasteiger partial charge in [0.1, 0.15) is 5.82 Å². The molecule has 0 radical (unpaired) electrons. The molecule has 0 saturated heterocycles. The Morgan fingerprint density at radius 1 is 1.50 bits per heavy atom. The predicted octanol–water partition coefficient (Wildman–Crippen LogP) is 1.99. The molecule has 0 atom stereocenters. The maximum Gasteiger partial charge on any atom is 0.275 e. The van der Waals surface area contributed by atoms with Gasteiger partial charge in [-0.1, -0.05) is 11.6 Å². The minimum Gasteiger partial charge on any atom is -0.315 e. The van der Waals surface area contributed by atoms with E-state index in [0.717, 1.165) is 5.69 Å². The van der Waals surface area contributed by atoms with Crippen LogP contribution in [0.15, 0.2) is 23.0 Å². The molecule has 2 aromatic rings. The standard InChI is InChI=1S/C12H13ClFN3O/c1-7-9(6-15-2)12(18)17(16-7)8-3-4-11(14)10(13)5-8/h3-5,15-16H,6H2,1-2H3. The predicted molar refractivity (Wildman–Crippen MR) is 68.9 cm³/mol. The van der Waals surface area contributed by atoms with Crippen molar-refractivity contribution in [3.05, 3.63) is 50.7 Å². The molecule has 0 fully saturated rings. The Bertz CT molecular complexity index is 633. The van der Waals surface area contributed by atoms with Crippen molar-refractivity contribution in [2.45, 2.75) is 13.5 Å².